The molecule has 1 aliphatic rings. The van der Waals surface area contributed by atoms with Crippen molar-refractivity contribution in [1.82, 2.24) is 10.1 Å². The van der Waals surface area contributed by atoms with Crippen LogP contribution in [0.1, 0.15) is 30.1 Å². The van der Waals surface area contributed by atoms with E-state index in [1.165, 1.54) is 0 Å². The molecule has 0 spiro atoms. The number of aryl methyl sites for hydroxylation is 1. The van der Waals surface area contributed by atoms with Crippen LogP contribution in [-0.2, 0) is 4.74 Å². The molecule has 0 amide bonds. The Morgan fingerprint density at radius 3 is 2.79 bits per heavy atom. The second-order valence-electron chi connectivity index (χ2n) is 4.92. The molecule has 1 aromatic carbocycles. The van der Waals surface area contributed by atoms with Gasteiger partial charge in [-0.25, -0.2) is 0 Å². The van der Waals surface area contributed by atoms with Gasteiger partial charge in [-0.15, -0.1) is 0 Å². The van der Waals surface area contributed by atoms with Crippen LogP contribution in [0, 0.1) is 6.92 Å². The molecule has 2 aromatic rings. The SMILES string of the molecule is Cc1ccc(-c2nc(C3CCOCC3)no2)cc1N. The molecule has 0 aliphatic carbocycles. The van der Waals surface area contributed by atoms with Gasteiger partial charge in [0.05, 0.1) is 0 Å². The lowest BCUT2D eigenvalue weighted by molar-refractivity contribution is 0.0830. The Labute approximate surface area is 111 Å². The van der Waals surface area contributed by atoms with E-state index in [1.54, 1.807) is 0 Å². The molecular formula is C14H17N3O2. The van der Waals surface area contributed by atoms with Crippen molar-refractivity contribution in [3.8, 4) is 11.5 Å². The van der Waals surface area contributed by atoms with Crippen LogP contribution in [-0.4, -0.2) is 23.4 Å². The summed E-state index contributed by atoms with van der Waals surface area (Å²) in [7, 11) is 0. The van der Waals surface area contributed by atoms with Crippen LogP contribution in [0.3, 0.4) is 0 Å². The quantitative estimate of drug-likeness (QED) is 0.839. The lowest BCUT2D eigenvalue weighted by Gasteiger charge is -2.18. The number of hydrogen-bond donors (Lipinski definition) is 1. The van der Waals surface area contributed by atoms with Crippen LogP contribution in [0.2, 0.25) is 0 Å². The molecule has 0 atom stereocenters. The molecule has 2 N–H and O–H groups in total. The van der Waals surface area contributed by atoms with Gasteiger partial charge in [-0.3, -0.25) is 0 Å². The Morgan fingerprint density at radius 1 is 1.26 bits per heavy atom. The molecule has 0 unspecified atom stereocenters. The van der Waals surface area contributed by atoms with E-state index in [0.717, 1.165) is 48.7 Å². The fourth-order valence-corrected chi connectivity index (χ4v) is 2.25. The van der Waals surface area contributed by atoms with Gasteiger partial charge in [-0.1, -0.05) is 11.2 Å². The zero-order chi connectivity index (χ0) is 13.2. The lowest BCUT2D eigenvalue weighted by atomic mass is 10.00. The first-order valence-corrected chi connectivity index (χ1v) is 6.52. The molecule has 100 valence electrons. The first-order valence-electron chi connectivity index (χ1n) is 6.52. The van der Waals surface area contributed by atoms with Crippen molar-refractivity contribution in [2.24, 2.45) is 0 Å². The number of ether oxygens (including phenoxy) is 1. The Hall–Kier alpha value is -1.88. The number of nitrogens with zero attached hydrogens (tertiary/aromatic N) is 2. The maximum absolute atomic E-state index is 5.90. The molecule has 1 fully saturated rings. The predicted octanol–water partition coefficient (Wildman–Crippen LogP) is 2.52. The van der Waals surface area contributed by atoms with Gasteiger partial charge in [0, 0.05) is 30.4 Å². The highest BCUT2D eigenvalue weighted by molar-refractivity contribution is 5.62. The number of benzene rings is 1. The van der Waals surface area contributed by atoms with E-state index in [4.69, 9.17) is 15.0 Å². The summed E-state index contributed by atoms with van der Waals surface area (Å²) in [5.74, 6) is 1.65. The number of hydrogen-bond acceptors (Lipinski definition) is 5. The topological polar surface area (TPSA) is 74.2 Å². The highest BCUT2D eigenvalue weighted by Gasteiger charge is 2.21. The first-order chi connectivity index (χ1) is 9.24. The van der Waals surface area contributed by atoms with E-state index < -0.39 is 0 Å². The zero-order valence-electron chi connectivity index (χ0n) is 10.9. The largest absolute Gasteiger partial charge is 0.398 e. The third kappa shape index (κ3) is 2.46. The molecular weight excluding hydrogens is 242 g/mol. The van der Waals surface area contributed by atoms with Crippen molar-refractivity contribution in [3.63, 3.8) is 0 Å². The molecule has 0 radical (unpaired) electrons. The van der Waals surface area contributed by atoms with Crippen LogP contribution in [0.5, 0.6) is 0 Å². The van der Waals surface area contributed by atoms with Gasteiger partial charge in [0.15, 0.2) is 5.82 Å². The predicted molar refractivity (Wildman–Crippen MR) is 71.7 cm³/mol. The van der Waals surface area contributed by atoms with Crippen LogP contribution >= 0.6 is 0 Å². The lowest BCUT2D eigenvalue weighted by Crippen LogP contribution is -2.15. The summed E-state index contributed by atoms with van der Waals surface area (Å²) in [4.78, 5) is 4.49. The van der Waals surface area contributed by atoms with E-state index in [-0.39, 0.29) is 0 Å². The fourth-order valence-electron chi connectivity index (χ4n) is 2.25. The van der Waals surface area contributed by atoms with E-state index >= 15 is 0 Å². The molecule has 2 heterocycles. The van der Waals surface area contributed by atoms with Crippen LogP contribution in [0.4, 0.5) is 5.69 Å². The normalized spacial score (nSPS) is 16.7. The highest BCUT2D eigenvalue weighted by Crippen LogP contribution is 2.28. The second-order valence-corrected chi connectivity index (χ2v) is 4.92. The van der Waals surface area contributed by atoms with Crippen molar-refractivity contribution < 1.29 is 9.26 Å². The fraction of sp³-hybridized carbons (Fsp3) is 0.429. The number of nitrogen functional groups attached to an aromatic ring is 1. The molecule has 1 saturated heterocycles. The van der Waals surface area contributed by atoms with E-state index in [9.17, 15) is 0 Å². The summed E-state index contributed by atoms with van der Waals surface area (Å²) >= 11 is 0. The van der Waals surface area contributed by atoms with Crippen LogP contribution in [0.25, 0.3) is 11.5 Å². The van der Waals surface area contributed by atoms with E-state index in [0.29, 0.717) is 11.8 Å². The second kappa shape index (κ2) is 5.01. The molecule has 0 saturated carbocycles. The molecule has 0 bridgehead atoms. The van der Waals surface area contributed by atoms with Crippen molar-refractivity contribution >= 4 is 5.69 Å². The summed E-state index contributed by atoms with van der Waals surface area (Å²) in [5.41, 5.74) is 8.56. The number of nitrogens with two attached hydrogens (primary N) is 1. The van der Waals surface area contributed by atoms with Crippen molar-refractivity contribution in [2.45, 2.75) is 25.7 Å². The Bertz CT molecular complexity index is 574. The molecule has 3 rings (SSSR count). The molecule has 19 heavy (non-hydrogen) atoms. The van der Waals surface area contributed by atoms with Crippen LogP contribution in [0.15, 0.2) is 22.7 Å². The standard InChI is InChI=1S/C14H17N3O2/c1-9-2-3-11(8-12(9)15)14-16-13(17-19-14)10-4-6-18-7-5-10/h2-3,8,10H,4-7,15H2,1H3. The summed E-state index contributed by atoms with van der Waals surface area (Å²) in [5, 5.41) is 4.09. The Kier molecular flexibility index (Phi) is 3.21. The third-order valence-corrected chi connectivity index (χ3v) is 3.55. The maximum Gasteiger partial charge on any atom is 0.258 e. The van der Waals surface area contributed by atoms with Gasteiger partial charge in [0.25, 0.3) is 5.89 Å². The Balaban J connectivity index is 1.85. The molecule has 5 nitrogen and oxygen atoms in total. The highest BCUT2D eigenvalue weighted by atomic mass is 16.5. The van der Waals surface area contributed by atoms with Gasteiger partial charge in [0.1, 0.15) is 0 Å². The number of rotatable bonds is 2. The number of anilines is 1. The van der Waals surface area contributed by atoms with E-state index in [2.05, 4.69) is 10.1 Å². The minimum absolute atomic E-state index is 0.342. The first kappa shape index (κ1) is 12.2. The third-order valence-electron chi connectivity index (χ3n) is 3.55. The number of aromatic nitrogens is 2. The summed E-state index contributed by atoms with van der Waals surface area (Å²) in [6.45, 7) is 3.51. The Morgan fingerprint density at radius 2 is 2.05 bits per heavy atom. The van der Waals surface area contributed by atoms with Crippen molar-refractivity contribution in [1.29, 1.82) is 0 Å². The van der Waals surface area contributed by atoms with Crippen molar-refractivity contribution in [3.05, 3.63) is 29.6 Å². The van der Waals surface area contributed by atoms with Gasteiger partial charge < -0.3 is 15.0 Å². The summed E-state index contributed by atoms with van der Waals surface area (Å²) < 4.78 is 10.7. The van der Waals surface area contributed by atoms with Gasteiger partial charge in [-0.05, 0) is 37.5 Å². The minimum atomic E-state index is 0.342. The van der Waals surface area contributed by atoms with Crippen LogP contribution < -0.4 is 5.73 Å². The minimum Gasteiger partial charge on any atom is -0.398 e. The van der Waals surface area contributed by atoms with Gasteiger partial charge in [-0.2, -0.15) is 4.98 Å². The van der Waals surface area contributed by atoms with Crippen molar-refractivity contribution in [2.75, 3.05) is 18.9 Å². The maximum atomic E-state index is 5.90. The smallest absolute Gasteiger partial charge is 0.258 e. The average molecular weight is 259 g/mol. The monoisotopic (exact) mass is 259 g/mol. The average Bonchev–Trinajstić information content (AvgIpc) is 2.93. The van der Waals surface area contributed by atoms with E-state index in [1.807, 2.05) is 25.1 Å². The molecule has 1 aromatic heterocycles. The summed E-state index contributed by atoms with van der Waals surface area (Å²) in [6.07, 6.45) is 1.91. The molecule has 5 heteroatoms. The van der Waals surface area contributed by atoms with Gasteiger partial charge in [0.2, 0.25) is 0 Å². The zero-order valence-corrected chi connectivity index (χ0v) is 10.9. The summed E-state index contributed by atoms with van der Waals surface area (Å²) in [6, 6.07) is 5.78. The molecule has 1 aliphatic heterocycles. The van der Waals surface area contributed by atoms with Gasteiger partial charge >= 0.3 is 0 Å².